The van der Waals surface area contributed by atoms with Crippen molar-refractivity contribution in [2.45, 2.75) is 12.5 Å². The van der Waals surface area contributed by atoms with Gasteiger partial charge in [0.2, 0.25) is 11.8 Å². The molecule has 3 N–H and O–H groups in total. The Kier molecular flexibility index (Phi) is 7.26. The highest BCUT2D eigenvalue weighted by molar-refractivity contribution is 5.91. The first-order valence-corrected chi connectivity index (χ1v) is 11.4. The fourth-order valence-corrected chi connectivity index (χ4v) is 3.97. The minimum atomic E-state index is -1.39. The largest absolute Gasteiger partial charge is 0.457 e. The zero-order valence-corrected chi connectivity index (χ0v) is 19.5. The van der Waals surface area contributed by atoms with Crippen molar-refractivity contribution >= 4 is 17.6 Å². The zero-order valence-electron chi connectivity index (χ0n) is 19.5. The normalized spacial score (nSPS) is 15.8. The number of nitrogens with one attached hydrogen (secondary N) is 1. The number of hydrogen-bond acceptors (Lipinski definition) is 6. The van der Waals surface area contributed by atoms with Gasteiger partial charge in [0, 0.05) is 32.4 Å². The van der Waals surface area contributed by atoms with E-state index in [1.54, 1.807) is 37.4 Å². The lowest BCUT2D eigenvalue weighted by atomic mass is 9.91. The average Bonchev–Trinajstić information content (AvgIpc) is 2.86. The Morgan fingerprint density at radius 3 is 2.20 bits per heavy atom. The molecule has 1 aromatic heterocycles. The lowest BCUT2D eigenvalue weighted by Gasteiger charge is -2.36. The number of anilines is 1. The number of nitrogens with two attached hydrogens (primary N) is 1. The average molecular weight is 478 g/mol. The monoisotopic (exact) mass is 477 g/mol. The molecular weight excluding hydrogens is 449 g/mol. The maximum atomic E-state index is 13.1. The summed E-state index contributed by atoms with van der Waals surface area (Å²) in [5.41, 5.74) is 4.84. The van der Waals surface area contributed by atoms with Crippen LogP contribution in [0.3, 0.4) is 0 Å². The van der Waals surface area contributed by atoms with Crippen molar-refractivity contribution in [1.82, 2.24) is 15.2 Å². The smallest absolute Gasteiger partial charge is 0.247 e. The Bertz CT molecular complexity index is 1150. The van der Waals surface area contributed by atoms with Crippen molar-refractivity contribution in [2.24, 2.45) is 5.73 Å². The molecule has 0 bridgehead atoms. The molecule has 8 nitrogen and oxygen atoms in total. The fourth-order valence-electron chi connectivity index (χ4n) is 3.97. The van der Waals surface area contributed by atoms with E-state index in [2.05, 4.69) is 15.2 Å². The number of hydrogen-bond donors (Lipinski definition) is 2. The molecule has 0 aliphatic carbocycles. The first kappa shape index (κ1) is 24.2. The number of halogens is 1. The third-order valence-electron chi connectivity index (χ3n) is 6.08. The Labute approximate surface area is 203 Å². The molecule has 0 radical (unpaired) electrons. The Morgan fingerprint density at radius 2 is 1.63 bits per heavy atom. The standard InChI is InChI=1S/C26H28FN5O3/c1-26(25(28)34,19-5-9-21(10-6-19)35-22-11-7-20(27)8-12-22)30-24(33)18-31-14-16-32(17-15-31)23-4-2-3-13-29-23/h2-13H,14-18H2,1H3,(H2,28,34)(H,30,33). The van der Waals surface area contributed by atoms with Crippen LogP contribution in [-0.2, 0) is 15.1 Å². The second-order valence-electron chi connectivity index (χ2n) is 8.57. The molecule has 1 atom stereocenters. The summed E-state index contributed by atoms with van der Waals surface area (Å²) in [5, 5.41) is 2.81. The minimum Gasteiger partial charge on any atom is -0.457 e. The molecule has 1 saturated heterocycles. The second-order valence-corrected chi connectivity index (χ2v) is 8.57. The molecular formula is C26H28FN5O3. The molecule has 2 heterocycles. The van der Waals surface area contributed by atoms with Crippen LogP contribution >= 0.6 is 0 Å². The van der Waals surface area contributed by atoms with E-state index in [0.29, 0.717) is 30.2 Å². The van der Waals surface area contributed by atoms with Gasteiger partial charge in [-0.1, -0.05) is 18.2 Å². The van der Waals surface area contributed by atoms with Crippen LogP contribution in [0.25, 0.3) is 0 Å². The Balaban J connectivity index is 1.35. The molecule has 1 fully saturated rings. The minimum absolute atomic E-state index is 0.157. The van der Waals surface area contributed by atoms with Gasteiger partial charge in [0.25, 0.3) is 0 Å². The summed E-state index contributed by atoms with van der Waals surface area (Å²) < 4.78 is 18.8. The van der Waals surface area contributed by atoms with Gasteiger partial charge in [0.15, 0.2) is 0 Å². The third-order valence-corrected chi connectivity index (χ3v) is 6.08. The molecule has 2 aromatic carbocycles. The first-order valence-electron chi connectivity index (χ1n) is 11.4. The van der Waals surface area contributed by atoms with E-state index in [9.17, 15) is 14.0 Å². The number of nitrogens with zero attached hydrogens (tertiary/aromatic N) is 3. The third kappa shape index (κ3) is 5.93. The van der Waals surface area contributed by atoms with E-state index in [1.165, 1.54) is 24.3 Å². The van der Waals surface area contributed by atoms with Gasteiger partial charge in [-0.05, 0) is 61.0 Å². The van der Waals surface area contributed by atoms with Gasteiger partial charge >= 0.3 is 0 Å². The number of primary amides is 1. The van der Waals surface area contributed by atoms with Gasteiger partial charge in [-0.15, -0.1) is 0 Å². The van der Waals surface area contributed by atoms with Crippen LogP contribution in [0, 0.1) is 5.82 Å². The molecule has 4 rings (SSSR count). The van der Waals surface area contributed by atoms with Crippen LogP contribution in [0.4, 0.5) is 10.2 Å². The maximum Gasteiger partial charge on any atom is 0.247 e. The van der Waals surface area contributed by atoms with Gasteiger partial charge in [0.05, 0.1) is 6.54 Å². The number of benzene rings is 2. The van der Waals surface area contributed by atoms with Crippen molar-refractivity contribution < 1.29 is 18.7 Å². The molecule has 3 aromatic rings. The van der Waals surface area contributed by atoms with Crippen molar-refractivity contribution in [3.8, 4) is 11.5 Å². The van der Waals surface area contributed by atoms with E-state index in [0.717, 1.165) is 18.9 Å². The van der Waals surface area contributed by atoms with Crippen LogP contribution in [0.5, 0.6) is 11.5 Å². The topological polar surface area (TPSA) is 101 Å². The van der Waals surface area contributed by atoms with E-state index < -0.39 is 11.4 Å². The fraction of sp³-hybridized carbons (Fsp3) is 0.269. The number of piperazine rings is 1. The summed E-state index contributed by atoms with van der Waals surface area (Å²) in [4.78, 5) is 33.8. The highest BCUT2D eigenvalue weighted by Gasteiger charge is 2.35. The number of aromatic nitrogens is 1. The summed E-state index contributed by atoms with van der Waals surface area (Å²) >= 11 is 0. The second kappa shape index (κ2) is 10.5. The van der Waals surface area contributed by atoms with E-state index in [4.69, 9.17) is 10.5 Å². The predicted octanol–water partition coefficient (Wildman–Crippen LogP) is 2.65. The predicted molar refractivity (Wildman–Crippen MR) is 130 cm³/mol. The number of pyridine rings is 1. The molecule has 182 valence electrons. The van der Waals surface area contributed by atoms with Crippen LogP contribution in [0.1, 0.15) is 12.5 Å². The van der Waals surface area contributed by atoms with Crippen LogP contribution in [0.2, 0.25) is 0 Å². The Hall–Kier alpha value is -3.98. The number of amides is 2. The number of rotatable bonds is 8. The SMILES string of the molecule is CC(NC(=O)CN1CCN(c2ccccn2)CC1)(C(N)=O)c1ccc(Oc2ccc(F)cc2)cc1. The molecule has 35 heavy (non-hydrogen) atoms. The van der Waals surface area contributed by atoms with Crippen molar-refractivity contribution in [3.63, 3.8) is 0 Å². The number of carbonyl (C=O) groups is 2. The molecule has 1 unspecified atom stereocenters. The molecule has 1 aliphatic rings. The summed E-state index contributed by atoms with van der Waals surface area (Å²) in [5.74, 6) is 0.597. The maximum absolute atomic E-state index is 13.1. The molecule has 9 heteroatoms. The van der Waals surface area contributed by atoms with Crippen LogP contribution < -0.4 is 20.7 Å². The Morgan fingerprint density at radius 1 is 1.00 bits per heavy atom. The molecule has 2 amide bonds. The first-order chi connectivity index (χ1) is 16.8. The highest BCUT2D eigenvalue weighted by atomic mass is 19.1. The van der Waals surface area contributed by atoms with Gasteiger partial charge in [-0.25, -0.2) is 9.37 Å². The quantitative estimate of drug-likeness (QED) is 0.517. The van der Waals surface area contributed by atoms with Gasteiger partial charge in [-0.3, -0.25) is 14.5 Å². The van der Waals surface area contributed by atoms with Gasteiger partial charge in [-0.2, -0.15) is 0 Å². The highest BCUT2D eigenvalue weighted by Crippen LogP contribution is 2.26. The van der Waals surface area contributed by atoms with Crippen molar-refractivity contribution in [2.75, 3.05) is 37.6 Å². The summed E-state index contributed by atoms with van der Waals surface area (Å²) in [6.07, 6.45) is 1.77. The summed E-state index contributed by atoms with van der Waals surface area (Å²) in [6.45, 7) is 4.66. The molecule has 1 aliphatic heterocycles. The summed E-state index contributed by atoms with van der Waals surface area (Å²) in [6, 6.07) is 18.2. The van der Waals surface area contributed by atoms with E-state index >= 15 is 0 Å². The number of carbonyl (C=O) groups excluding carboxylic acids is 2. The van der Waals surface area contributed by atoms with Gasteiger partial charge in [0.1, 0.15) is 28.7 Å². The van der Waals surface area contributed by atoms with Crippen LogP contribution in [0.15, 0.2) is 72.9 Å². The molecule has 0 saturated carbocycles. The lowest BCUT2D eigenvalue weighted by Crippen LogP contribution is -2.56. The van der Waals surface area contributed by atoms with Crippen molar-refractivity contribution in [3.05, 3.63) is 84.3 Å². The zero-order chi connectivity index (χ0) is 24.8. The van der Waals surface area contributed by atoms with Gasteiger partial charge < -0.3 is 20.7 Å². The lowest BCUT2D eigenvalue weighted by molar-refractivity contribution is -0.132. The van der Waals surface area contributed by atoms with Crippen LogP contribution in [-0.4, -0.2) is 54.4 Å². The summed E-state index contributed by atoms with van der Waals surface area (Å²) in [7, 11) is 0. The van der Waals surface area contributed by atoms with Crippen molar-refractivity contribution in [1.29, 1.82) is 0 Å². The number of ether oxygens (including phenoxy) is 1. The molecule has 0 spiro atoms. The van der Waals surface area contributed by atoms with E-state index in [1.807, 2.05) is 23.1 Å². The van der Waals surface area contributed by atoms with E-state index in [-0.39, 0.29) is 18.3 Å².